The topological polar surface area (TPSA) is 62.9 Å². The number of guanidine groups is 1. The molecule has 0 saturated carbocycles. The van der Waals surface area contributed by atoms with Crippen molar-refractivity contribution in [2.75, 3.05) is 38.0 Å². The second kappa shape index (κ2) is 8.93. The lowest BCUT2D eigenvalue weighted by Gasteiger charge is -2.12. The minimum Gasteiger partial charge on any atom is -0.380 e. The highest BCUT2D eigenvalue weighted by atomic mass is 16.5. The molecule has 0 bridgehead atoms. The van der Waals surface area contributed by atoms with Crippen LogP contribution in [-0.2, 0) is 17.8 Å². The Labute approximate surface area is 144 Å². The first-order valence-corrected chi connectivity index (χ1v) is 8.00. The van der Waals surface area contributed by atoms with E-state index in [4.69, 9.17) is 10.5 Å². The van der Waals surface area contributed by atoms with E-state index in [0.29, 0.717) is 19.1 Å². The summed E-state index contributed by atoms with van der Waals surface area (Å²) in [7, 11) is 5.75. The zero-order valence-electron chi connectivity index (χ0n) is 14.6. The van der Waals surface area contributed by atoms with E-state index in [0.717, 1.165) is 17.7 Å². The molecule has 0 atom stereocenters. The largest absolute Gasteiger partial charge is 0.380 e. The molecule has 2 rings (SSSR count). The van der Waals surface area contributed by atoms with Gasteiger partial charge in [0.2, 0.25) is 0 Å². The number of anilines is 2. The van der Waals surface area contributed by atoms with Crippen molar-refractivity contribution in [3.63, 3.8) is 0 Å². The SMILES string of the molecule is COCc1ccccc1NC(N)=NCCc1ccc(N(C)C)cc1. The van der Waals surface area contributed by atoms with Crippen molar-refractivity contribution < 1.29 is 4.74 Å². The number of nitrogens with two attached hydrogens (primary N) is 1. The van der Waals surface area contributed by atoms with E-state index in [-0.39, 0.29) is 0 Å². The van der Waals surface area contributed by atoms with Crippen LogP contribution in [0.5, 0.6) is 0 Å². The van der Waals surface area contributed by atoms with E-state index in [1.54, 1.807) is 7.11 Å². The van der Waals surface area contributed by atoms with Gasteiger partial charge in [0.25, 0.3) is 0 Å². The molecule has 0 amide bonds. The quantitative estimate of drug-likeness (QED) is 0.607. The number of hydrogen-bond donors (Lipinski definition) is 2. The molecule has 0 radical (unpaired) electrons. The Morgan fingerprint density at radius 1 is 1.12 bits per heavy atom. The Morgan fingerprint density at radius 3 is 2.50 bits per heavy atom. The Kier molecular flexibility index (Phi) is 6.63. The molecular formula is C19H26N4O. The van der Waals surface area contributed by atoms with Gasteiger partial charge in [-0.25, -0.2) is 0 Å². The van der Waals surface area contributed by atoms with Gasteiger partial charge >= 0.3 is 0 Å². The number of nitrogens with one attached hydrogen (secondary N) is 1. The van der Waals surface area contributed by atoms with Crippen molar-refractivity contribution in [2.45, 2.75) is 13.0 Å². The van der Waals surface area contributed by atoms with E-state index in [9.17, 15) is 0 Å². The molecule has 24 heavy (non-hydrogen) atoms. The Bertz CT molecular complexity index is 665. The van der Waals surface area contributed by atoms with Crippen LogP contribution in [0.25, 0.3) is 0 Å². The van der Waals surface area contributed by atoms with Crippen LogP contribution in [-0.4, -0.2) is 33.7 Å². The molecule has 3 N–H and O–H groups in total. The van der Waals surface area contributed by atoms with Crippen molar-refractivity contribution in [2.24, 2.45) is 10.7 Å². The third-order valence-corrected chi connectivity index (χ3v) is 3.72. The van der Waals surface area contributed by atoms with E-state index in [1.807, 2.05) is 38.4 Å². The Morgan fingerprint density at radius 2 is 1.83 bits per heavy atom. The zero-order valence-corrected chi connectivity index (χ0v) is 14.6. The minimum absolute atomic E-state index is 0.420. The molecule has 5 nitrogen and oxygen atoms in total. The van der Waals surface area contributed by atoms with Gasteiger partial charge in [-0.1, -0.05) is 30.3 Å². The fourth-order valence-electron chi connectivity index (χ4n) is 2.37. The average molecular weight is 326 g/mol. The van der Waals surface area contributed by atoms with Gasteiger partial charge in [-0.3, -0.25) is 4.99 Å². The molecule has 2 aromatic carbocycles. The molecule has 0 aliphatic heterocycles. The number of ether oxygens (including phenoxy) is 1. The maximum absolute atomic E-state index is 5.99. The summed E-state index contributed by atoms with van der Waals surface area (Å²) in [5.41, 5.74) is 10.4. The number of rotatable bonds is 7. The molecule has 0 aromatic heterocycles. The van der Waals surface area contributed by atoms with Crippen molar-refractivity contribution in [3.8, 4) is 0 Å². The molecule has 0 saturated heterocycles. The van der Waals surface area contributed by atoms with Gasteiger partial charge in [-0.15, -0.1) is 0 Å². The molecule has 128 valence electrons. The number of aliphatic imine (C=N–C) groups is 1. The number of para-hydroxylation sites is 1. The molecule has 5 heteroatoms. The van der Waals surface area contributed by atoms with Gasteiger partial charge in [0, 0.05) is 44.7 Å². The van der Waals surface area contributed by atoms with Crippen LogP contribution < -0.4 is 16.0 Å². The first-order chi connectivity index (χ1) is 11.6. The highest BCUT2D eigenvalue weighted by Gasteiger charge is 2.02. The predicted octanol–water partition coefficient (Wildman–Crippen LogP) is 2.87. The molecule has 0 spiro atoms. The normalized spacial score (nSPS) is 11.4. The molecule has 0 heterocycles. The zero-order chi connectivity index (χ0) is 17.4. The molecule has 0 fully saturated rings. The van der Waals surface area contributed by atoms with Gasteiger partial charge in [0.15, 0.2) is 5.96 Å². The Hall–Kier alpha value is -2.53. The van der Waals surface area contributed by atoms with Crippen LogP contribution in [0.1, 0.15) is 11.1 Å². The standard InChI is InChI=1S/C19H26N4O/c1-23(2)17-10-8-15(9-11-17)12-13-21-19(20)22-18-7-5-4-6-16(18)14-24-3/h4-11H,12-14H2,1-3H3,(H3,20,21,22). The predicted molar refractivity (Wildman–Crippen MR) is 102 cm³/mol. The number of nitrogens with zero attached hydrogens (tertiary/aromatic N) is 2. The molecule has 2 aromatic rings. The third kappa shape index (κ3) is 5.28. The number of methoxy groups -OCH3 is 1. The van der Waals surface area contributed by atoms with E-state index < -0.39 is 0 Å². The van der Waals surface area contributed by atoms with Crippen molar-refractivity contribution in [1.29, 1.82) is 0 Å². The summed E-state index contributed by atoms with van der Waals surface area (Å²) in [4.78, 5) is 6.49. The third-order valence-electron chi connectivity index (χ3n) is 3.72. The second-order valence-electron chi connectivity index (χ2n) is 5.79. The summed E-state index contributed by atoms with van der Waals surface area (Å²) in [6, 6.07) is 16.4. The minimum atomic E-state index is 0.420. The summed E-state index contributed by atoms with van der Waals surface area (Å²) in [6.07, 6.45) is 0.857. The fraction of sp³-hybridized carbons (Fsp3) is 0.316. The molecule has 0 aliphatic carbocycles. The van der Waals surface area contributed by atoms with Crippen molar-refractivity contribution in [1.82, 2.24) is 0 Å². The first-order valence-electron chi connectivity index (χ1n) is 8.00. The number of hydrogen-bond acceptors (Lipinski definition) is 3. The van der Waals surface area contributed by atoms with Gasteiger partial charge < -0.3 is 20.7 Å². The van der Waals surface area contributed by atoms with Gasteiger partial charge in [-0.2, -0.15) is 0 Å². The smallest absolute Gasteiger partial charge is 0.193 e. The van der Waals surface area contributed by atoms with E-state index in [1.165, 1.54) is 11.3 Å². The van der Waals surface area contributed by atoms with Crippen LogP contribution in [0.3, 0.4) is 0 Å². The van der Waals surface area contributed by atoms with Crippen LogP contribution in [0.15, 0.2) is 53.5 Å². The van der Waals surface area contributed by atoms with E-state index >= 15 is 0 Å². The van der Waals surface area contributed by atoms with Gasteiger partial charge in [-0.05, 0) is 30.2 Å². The van der Waals surface area contributed by atoms with Crippen LogP contribution in [0.4, 0.5) is 11.4 Å². The number of benzene rings is 2. The highest BCUT2D eigenvalue weighted by molar-refractivity contribution is 5.92. The van der Waals surface area contributed by atoms with E-state index in [2.05, 4.69) is 39.5 Å². The maximum Gasteiger partial charge on any atom is 0.193 e. The fourth-order valence-corrected chi connectivity index (χ4v) is 2.37. The lowest BCUT2D eigenvalue weighted by molar-refractivity contribution is 0.185. The van der Waals surface area contributed by atoms with Crippen LogP contribution >= 0.6 is 0 Å². The van der Waals surface area contributed by atoms with Crippen molar-refractivity contribution in [3.05, 3.63) is 59.7 Å². The summed E-state index contributed by atoms with van der Waals surface area (Å²) >= 11 is 0. The van der Waals surface area contributed by atoms with Gasteiger partial charge in [0.05, 0.1) is 6.61 Å². The Balaban J connectivity index is 1.90. The first kappa shape index (κ1) is 17.8. The summed E-state index contributed by atoms with van der Waals surface area (Å²) in [5, 5.41) is 3.15. The monoisotopic (exact) mass is 326 g/mol. The summed E-state index contributed by atoms with van der Waals surface area (Å²) < 4.78 is 5.19. The lowest BCUT2D eigenvalue weighted by Crippen LogP contribution is -2.23. The van der Waals surface area contributed by atoms with Crippen molar-refractivity contribution >= 4 is 17.3 Å². The molecular weight excluding hydrogens is 300 g/mol. The maximum atomic E-state index is 5.99. The second-order valence-corrected chi connectivity index (χ2v) is 5.79. The average Bonchev–Trinajstić information content (AvgIpc) is 2.57. The highest BCUT2D eigenvalue weighted by Crippen LogP contribution is 2.15. The summed E-state index contributed by atoms with van der Waals surface area (Å²) in [6.45, 7) is 1.18. The molecule has 0 aliphatic rings. The van der Waals surface area contributed by atoms with Crippen LogP contribution in [0.2, 0.25) is 0 Å². The van der Waals surface area contributed by atoms with Gasteiger partial charge in [0.1, 0.15) is 0 Å². The van der Waals surface area contributed by atoms with Crippen LogP contribution in [0, 0.1) is 0 Å². The molecule has 0 unspecified atom stereocenters. The lowest BCUT2D eigenvalue weighted by atomic mass is 10.1. The summed E-state index contributed by atoms with van der Waals surface area (Å²) in [5.74, 6) is 0.420.